The van der Waals surface area contributed by atoms with Crippen LogP contribution in [0.2, 0.25) is 5.02 Å². The number of anilines is 1. The number of benzene rings is 2. The van der Waals surface area contributed by atoms with Gasteiger partial charge in [-0.1, -0.05) is 29.8 Å². The number of nitrogens with zero attached hydrogens (tertiary/aromatic N) is 5. The van der Waals surface area contributed by atoms with E-state index in [2.05, 4.69) is 32.0 Å². The fourth-order valence-corrected chi connectivity index (χ4v) is 8.11. The molecule has 2 aliphatic heterocycles. The van der Waals surface area contributed by atoms with Crippen molar-refractivity contribution in [2.24, 2.45) is 5.41 Å². The zero-order chi connectivity index (χ0) is 28.8. The Hall–Kier alpha value is -3.47. The number of carbonyl (C=O) groups excluding carboxylic acids is 1. The molecule has 2 aromatic heterocycles. The van der Waals surface area contributed by atoms with Crippen LogP contribution in [0, 0.1) is 12.3 Å². The number of imidazole rings is 1. The first-order valence-corrected chi connectivity index (χ1v) is 15.6. The van der Waals surface area contributed by atoms with Gasteiger partial charge in [0.1, 0.15) is 10.7 Å². The number of nitrogens with one attached hydrogen (secondary N) is 1. The highest BCUT2D eigenvalue weighted by Gasteiger charge is 2.41. The molecule has 4 aromatic rings. The maximum atomic E-state index is 13.7. The van der Waals surface area contributed by atoms with E-state index in [1.54, 1.807) is 25.1 Å². The van der Waals surface area contributed by atoms with E-state index < -0.39 is 10.0 Å². The number of fused-ring (bicyclic) bond motifs is 1. The number of aryl methyl sites for hydroxylation is 1. The number of rotatable bonds is 6. The summed E-state index contributed by atoms with van der Waals surface area (Å²) in [7, 11) is -2.35. The number of carbonyl (C=O) groups is 1. The van der Waals surface area contributed by atoms with Crippen LogP contribution in [0.4, 0.5) is 5.69 Å². The number of amides is 1. The van der Waals surface area contributed by atoms with Gasteiger partial charge in [0.05, 0.1) is 28.2 Å². The molecule has 0 radical (unpaired) electrons. The number of likely N-dealkylation sites (tertiary alicyclic amines) is 1. The maximum Gasteiger partial charge on any atom is 0.256 e. The summed E-state index contributed by atoms with van der Waals surface area (Å²) in [6.07, 6.45) is 6.73. The Morgan fingerprint density at radius 2 is 1.76 bits per heavy atom. The predicted molar refractivity (Wildman–Crippen MR) is 160 cm³/mol. The number of hydrogen-bond donors (Lipinski definition) is 1. The lowest BCUT2D eigenvalue weighted by Crippen LogP contribution is -2.44. The zero-order valence-electron chi connectivity index (χ0n) is 23.2. The number of H-pyrrole nitrogens is 1. The summed E-state index contributed by atoms with van der Waals surface area (Å²) in [4.78, 5) is 30.1. The van der Waals surface area contributed by atoms with Gasteiger partial charge in [-0.15, -0.1) is 0 Å². The van der Waals surface area contributed by atoms with Crippen LogP contribution in [0.3, 0.4) is 0 Å². The van der Waals surface area contributed by atoms with Crippen LogP contribution in [-0.2, 0) is 16.6 Å². The Labute approximate surface area is 245 Å². The standard InChI is InChI=1S/C30H33ClN6O3S/c1-21-5-3-7-24(31)28(21)41(39,40)35(2)19-26-33-25-8-4-6-23(27(25)34-26)29(38)36-16-11-30(12-17-36)13-18-37(20-30)22-9-14-32-15-10-22/h3-10,14-15H,11-13,16-20H2,1-2H3,(H,33,34). The van der Waals surface area contributed by atoms with Crippen LogP contribution in [-0.4, -0.2) is 71.7 Å². The van der Waals surface area contributed by atoms with Crippen LogP contribution in [0.15, 0.2) is 65.8 Å². The molecule has 11 heteroatoms. The SMILES string of the molecule is Cc1cccc(Cl)c1S(=O)(=O)N(C)Cc1nc2cccc(C(=O)N3CCC4(CC3)CCN(c3ccncc3)C4)c2[nH]1. The number of sulfonamides is 1. The third kappa shape index (κ3) is 5.20. The van der Waals surface area contributed by atoms with Gasteiger partial charge in [-0.2, -0.15) is 4.31 Å². The topological polar surface area (TPSA) is 102 Å². The van der Waals surface area contributed by atoms with Gasteiger partial charge >= 0.3 is 0 Å². The van der Waals surface area contributed by atoms with E-state index in [1.165, 1.54) is 17.0 Å². The monoisotopic (exact) mass is 592 g/mol. The molecule has 1 N–H and O–H groups in total. The number of aromatic amines is 1. The minimum atomic E-state index is -3.85. The predicted octanol–water partition coefficient (Wildman–Crippen LogP) is 4.87. The highest BCUT2D eigenvalue weighted by Crippen LogP contribution is 2.42. The summed E-state index contributed by atoms with van der Waals surface area (Å²) < 4.78 is 27.9. The zero-order valence-corrected chi connectivity index (χ0v) is 24.7. The largest absolute Gasteiger partial charge is 0.371 e. The van der Waals surface area contributed by atoms with E-state index in [0.29, 0.717) is 41.1 Å². The van der Waals surface area contributed by atoms with E-state index in [4.69, 9.17) is 11.6 Å². The number of piperidine rings is 1. The lowest BCUT2D eigenvalue weighted by atomic mass is 9.77. The second-order valence-electron chi connectivity index (χ2n) is 11.2. The van der Waals surface area contributed by atoms with Gasteiger partial charge in [-0.05, 0) is 67.5 Å². The molecule has 214 valence electrons. The smallest absolute Gasteiger partial charge is 0.256 e. The molecule has 1 spiro atoms. The van der Waals surface area contributed by atoms with Gasteiger partial charge in [0, 0.05) is 51.3 Å². The quantitative estimate of drug-likeness (QED) is 0.343. The van der Waals surface area contributed by atoms with Crippen LogP contribution >= 0.6 is 11.6 Å². The van der Waals surface area contributed by atoms with Crippen LogP contribution in [0.25, 0.3) is 11.0 Å². The average molecular weight is 593 g/mol. The average Bonchev–Trinajstić information content (AvgIpc) is 3.57. The Morgan fingerprint density at radius 1 is 1.05 bits per heavy atom. The van der Waals surface area contributed by atoms with Gasteiger partial charge in [0.2, 0.25) is 10.0 Å². The molecular formula is C30H33ClN6O3S. The molecule has 4 heterocycles. The third-order valence-corrected chi connectivity index (χ3v) is 11.0. The molecule has 41 heavy (non-hydrogen) atoms. The molecule has 0 unspecified atom stereocenters. The molecule has 2 aromatic carbocycles. The molecule has 2 fully saturated rings. The third-order valence-electron chi connectivity index (χ3n) is 8.58. The number of pyridine rings is 1. The van der Waals surface area contributed by atoms with Gasteiger partial charge in [-0.25, -0.2) is 13.4 Å². The minimum Gasteiger partial charge on any atom is -0.371 e. The van der Waals surface area contributed by atoms with Crippen molar-refractivity contribution >= 4 is 44.3 Å². The van der Waals surface area contributed by atoms with Gasteiger partial charge in [0.25, 0.3) is 5.91 Å². The molecule has 9 nitrogen and oxygen atoms in total. The Balaban J connectivity index is 1.16. The molecule has 0 saturated carbocycles. The molecule has 2 saturated heterocycles. The van der Waals surface area contributed by atoms with E-state index in [1.807, 2.05) is 35.5 Å². The van der Waals surface area contributed by atoms with Gasteiger partial charge in [-0.3, -0.25) is 9.78 Å². The minimum absolute atomic E-state index is 0.00944. The van der Waals surface area contributed by atoms with Crippen LogP contribution in [0.5, 0.6) is 0 Å². The molecule has 1 amide bonds. The molecule has 0 aliphatic carbocycles. The van der Waals surface area contributed by atoms with E-state index >= 15 is 0 Å². The van der Waals surface area contributed by atoms with Crippen molar-refractivity contribution in [3.05, 3.63) is 82.9 Å². The van der Waals surface area contributed by atoms with E-state index in [0.717, 1.165) is 32.4 Å². The van der Waals surface area contributed by atoms with Gasteiger partial charge in [0.15, 0.2) is 0 Å². The number of hydrogen-bond acceptors (Lipinski definition) is 6. The molecule has 0 atom stereocenters. The van der Waals surface area contributed by atoms with E-state index in [-0.39, 0.29) is 27.8 Å². The van der Waals surface area contributed by atoms with E-state index in [9.17, 15) is 13.2 Å². The summed E-state index contributed by atoms with van der Waals surface area (Å²) in [6.45, 7) is 5.17. The second-order valence-corrected chi connectivity index (χ2v) is 13.6. The fraction of sp³-hybridized carbons (Fsp3) is 0.367. The Morgan fingerprint density at radius 3 is 2.49 bits per heavy atom. The first kappa shape index (κ1) is 27.7. The molecular weight excluding hydrogens is 560 g/mol. The lowest BCUT2D eigenvalue weighted by Gasteiger charge is -2.39. The fourth-order valence-electron chi connectivity index (χ4n) is 6.20. The van der Waals surface area contributed by atoms with Crippen molar-refractivity contribution in [3.8, 4) is 0 Å². The Bertz CT molecular complexity index is 1680. The number of halogens is 1. The summed E-state index contributed by atoms with van der Waals surface area (Å²) in [5.41, 5.74) is 3.81. The van der Waals surface area contributed by atoms with Crippen molar-refractivity contribution in [2.75, 3.05) is 38.1 Å². The number of aromatic nitrogens is 3. The lowest BCUT2D eigenvalue weighted by molar-refractivity contribution is 0.0612. The summed E-state index contributed by atoms with van der Waals surface area (Å²) in [5, 5.41) is 0.181. The molecule has 2 aliphatic rings. The van der Waals surface area contributed by atoms with Crippen LogP contribution < -0.4 is 4.90 Å². The molecule has 0 bridgehead atoms. The van der Waals surface area contributed by atoms with Crippen molar-refractivity contribution in [1.29, 1.82) is 0 Å². The molecule has 6 rings (SSSR count). The van der Waals surface area contributed by atoms with Crippen molar-refractivity contribution in [3.63, 3.8) is 0 Å². The van der Waals surface area contributed by atoms with Gasteiger partial charge < -0.3 is 14.8 Å². The van der Waals surface area contributed by atoms with Crippen molar-refractivity contribution < 1.29 is 13.2 Å². The first-order valence-electron chi connectivity index (χ1n) is 13.8. The summed E-state index contributed by atoms with van der Waals surface area (Å²) in [6, 6.07) is 14.6. The Kier molecular flexibility index (Phi) is 7.25. The normalized spacial score (nSPS) is 17.2. The van der Waals surface area contributed by atoms with Crippen LogP contribution in [0.1, 0.15) is 41.0 Å². The highest BCUT2D eigenvalue weighted by atomic mass is 35.5. The first-order chi connectivity index (χ1) is 19.7. The van der Waals surface area contributed by atoms with Crippen molar-refractivity contribution in [2.45, 2.75) is 37.6 Å². The summed E-state index contributed by atoms with van der Waals surface area (Å²) in [5.74, 6) is 0.424. The van der Waals surface area contributed by atoms with Crippen molar-refractivity contribution in [1.82, 2.24) is 24.2 Å². The maximum absolute atomic E-state index is 13.7. The second kappa shape index (κ2) is 10.7. The summed E-state index contributed by atoms with van der Waals surface area (Å²) >= 11 is 6.25. The number of para-hydroxylation sites is 1. The highest BCUT2D eigenvalue weighted by molar-refractivity contribution is 7.89.